The summed E-state index contributed by atoms with van der Waals surface area (Å²) in [5, 5.41) is 1.17. The highest BCUT2D eigenvalue weighted by molar-refractivity contribution is 6.42. The van der Waals surface area contributed by atoms with Gasteiger partial charge < -0.3 is 9.47 Å². The largest absolute Gasteiger partial charge is 0.369 e. The van der Waals surface area contributed by atoms with Crippen LogP contribution in [0.15, 0.2) is 34.1 Å². The van der Waals surface area contributed by atoms with Gasteiger partial charge in [-0.25, -0.2) is 9.78 Å². The average Bonchev–Trinajstić information content (AvgIpc) is 3.20. The summed E-state index contributed by atoms with van der Waals surface area (Å²) in [6, 6.07) is 5.78. The Bertz CT molecular complexity index is 1210. The molecule has 8 nitrogen and oxygen atoms in total. The smallest absolute Gasteiger partial charge is 0.332 e. The molecule has 0 spiro atoms. The van der Waals surface area contributed by atoms with Crippen molar-refractivity contribution >= 4 is 52.5 Å². The molecule has 1 aromatic carbocycles. The average molecular weight is 502 g/mol. The lowest BCUT2D eigenvalue weighted by atomic mass is 10.2. The predicted octanol–water partition coefficient (Wildman–Crippen LogP) is 2.76. The fourth-order valence-electron chi connectivity index (χ4n) is 4.10. The van der Waals surface area contributed by atoms with Crippen LogP contribution in [-0.4, -0.2) is 56.3 Å². The Morgan fingerprint density at radius 3 is 2.31 bits per heavy atom. The fourth-order valence-corrected chi connectivity index (χ4v) is 4.39. The van der Waals surface area contributed by atoms with Crippen LogP contribution in [-0.2, 0) is 20.6 Å². The second-order valence-corrected chi connectivity index (χ2v) is 8.76. The molecular formula is C21H27Cl3N6O2. The third-order valence-electron chi connectivity index (χ3n) is 5.98. The summed E-state index contributed by atoms with van der Waals surface area (Å²) >= 11 is 12.2. The summed E-state index contributed by atoms with van der Waals surface area (Å²) in [4.78, 5) is 33.6. The Morgan fingerprint density at radius 1 is 0.938 bits per heavy atom. The van der Waals surface area contributed by atoms with Crippen molar-refractivity contribution in [3.8, 4) is 0 Å². The minimum Gasteiger partial charge on any atom is -0.369 e. The van der Waals surface area contributed by atoms with Crippen LogP contribution in [0, 0.1) is 0 Å². The molecule has 1 aliphatic rings. The first-order valence-electron chi connectivity index (χ1n) is 10.4. The molecule has 2 aromatic heterocycles. The SMILES string of the molecule is Cl.Cn1c(=O)c2c(ncn2CCCCN2CCN(c3ccc(Cl)c(Cl)c3)CC2)n(C)c1=O. The predicted molar refractivity (Wildman–Crippen MR) is 132 cm³/mol. The normalized spacial score (nSPS) is 14.7. The molecule has 0 radical (unpaired) electrons. The van der Waals surface area contributed by atoms with Crippen molar-refractivity contribution in [1.82, 2.24) is 23.6 Å². The van der Waals surface area contributed by atoms with E-state index in [0.29, 0.717) is 27.8 Å². The zero-order valence-electron chi connectivity index (χ0n) is 18.1. The Hall–Kier alpha value is -2.00. The van der Waals surface area contributed by atoms with Gasteiger partial charge in [-0.05, 0) is 37.6 Å². The summed E-state index contributed by atoms with van der Waals surface area (Å²) in [5.41, 5.74) is 1.38. The van der Waals surface area contributed by atoms with E-state index in [1.807, 2.05) is 22.8 Å². The standard InChI is InChI=1S/C21H26Cl2N6O2.ClH/c1-25-19-18(20(30)26(2)21(25)31)29(14-24-19)8-4-3-7-27-9-11-28(12-10-27)15-5-6-16(22)17(23)13-15;/h5-6,13-14H,3-4,7-12H2,1-2H3;1H. The molecular weight excluding hydrogens is 475 g/mol. The van der Waals surface area contributed by atoms with Gasteiger partial charge >= 0.3 is 5.69 Å². The summed E-state index contributed by atoms with van der Waals surface area (Å²) in [6.45, 7) is 5.61. The molecule has 174 valence electrons. The molecule has 1 fully saturated rings. The molecule has 32 heavy (non-hydrogen) atoms. The Morgan fingerprint density at radius 2 is 1.62 bits per heavy atom. The number of aryl methyl sites for hydroxylation is 2. The number of halogens is 3. The first-order valence-corrected chi connectivity index (χ1v) is 11.2. The highest BCUT2D eigenvalue weighted by Crippen LogP contribution is 2.27. The second kappa shape index (κ2) is 10.3. The minimum atomic E-state index is -0.359. The van der Waals surface area contributed by atoms with Gasteiger partial charge in [0.25, 0.3) is 5.56 Å². The van der Waals surface area contributed by atoms with Crippen LogP contribution in [0.1, 0.15) is 12.8 Å². The Labute approximate surface area is 202 Å². The number of unbranched alkanes of at least 4 members (excludes halogenated alkanes) is 1. The van der Waals surface area contributed by atoms with Gasteiger partial charge in [0.2, 0.25) is 0 Å². The van der Waals surface area contributed by atoms with Gasteiger partial charge in [0, 0.05) is 52.5 Å². The van der Waals surface area contributed by atoms with E-state index in [2.05, 4.69) is 14.8 Å². The van der Waals surface area contributed by atoms with E-state index in [4.69, 9.17) is 23.2 Å². The van der Waals surface area contributed by atoms with E-state index in [0.717, 1.165) is 55.8 Å². The van der Waals surface area contributed by atoms with Crippen molar-refractivity contribution in [2.45, 2.75) is 19.4 Å². The molecule has 0 bridgehead atoms. The molecule has 0 amide bonds. The molecule has 0 N–H and O–H groups in total. The summed E-state index contributed by atoms with van der Waals surface area (Å²) in [6.07, 6.45) is 3.62. The van der Waals surface area contributed by atoms with E-state index in [1.165, 1.54) is 11.6 Å². The third-order valence-corrected chi connectivity index (χ3v) is 6.72. The van der Waals surface area contributed by atoms with Crippen molar-refractivity contribution < 1.29 is 0 Å². The van der Waals surface area contributed by atoms with Gasteiger partial charge in [-0.1, -0.05) is 23.2 Å². The molecule has 4 rings (SSSR count). The maximum Gasteiger partial charge on any atom is 0.332 e. The topological polar surface area (TPSA) is 68.3 Å². The lowest BCUT2D eigenvalue weighted by Gasteiger charge is -2.36. The Kier molecular flexibility index (Phi) is 7.92. The Balaban J connectivity index is 0.00000289. The maximum atomic E-state index is 12.5. The molecule has 1 saturated heterocycles. The molecule has 1 aliphatic heterocycles. The maximum absolute atomic E-state index is 12.5. The van der Waals surface area contributed by atoms with Crippen molar-refractivity contribution in [2.24, 2.45) is 14.1 Å². The number of aromatic nitrogens is 4. The van der Waals surface area contributed by atoms with Crippen LogP contribution < -0.4 is 16.1 Å². The number of hydrogen-bond acceptors (Lipinski definition) is 5. The number of nitrogens with zero attached hydrogens (tertiary/aromatic N) is 6. The quantitative estimate of drug-likeness (QED) is 0.486. The lowest BCUT2D eigenvalue weighted by molar-refractivity contribution is 0.251. The molecule has 0 saturated carbocycles. The van der Waals surface area contributed by atoms with Gasteiger partial charge in [0.1, 0.15) is 0 Å². The number of anilines is 1. The van der Waals surface area contributed by atoms with Crippen LogP contribution in [0.5, 0.6) is 0 Å². The monoisotopic (exact) mass is 500 g/mol. The first-order chi connectivity index (χ1) is 14.9. The zero-order valence-corrected chi connectivity index (χ0v) is 20.5. The number of imidazole rings is 1. The second-order valence-electron chi connectivity index (χ2n) is 7.95. The van der Waals surface area contributed by atoms with Gasteiger partial charge in [-0.15, -0.1) is 12.4 Å². The first kappa shape index (κ1) is 24.6. The number of benzene rings is 1. The van der Waals surface area contributed by atoms with Crippen LogP contribution in [0.25, 0.3) is 11.2 Å². The number of fused-ring (bicyclic) bond motifs is 1. The zero-order chi connectivity index (χ0) is 22.1. The van der Waals surface area contributed by atoms with Crippen molar-refractivity contribution in [3.63, 3.8) is 0 Å². The molecule has 0 unspecified atom stereocenters. The summed E-state index contributed by atoms with van der Waals surface area (Å²) in [7, 11) is 3.14. The van der Waals surface area contributed by atoms with Crippen LogP contribution in [0.3, 0.4) is 0 Å². The van der Waals surface area contributed by atoms with E-state index < -0.39 is 0 Å². The van der Waals surface area contributed by atoms with E-state index in [9.17, 15) is 9.59 Å². The highest BCUT2D eigenvalue weighted by Gasteiger charge is 2.18. The van der Waals surface area contributed by atoms with E-state index >= 15 is 0 Å². The van der Waals surface area contributed by atoms with E-state index in [-0.39, 0.29) is 23.7 Å². The van der Waals surface area contributed by atoms with Crippen molar-refractivity contribution in [1.29, 1.82) is 0 Å². The number of rotatable bonds is 6. The fraction of sp³-hybridized carbons (Fsp3) is 0.476. The minimum absolute atomic E-state index is 0. The van der Waals surface area contributed by atoms with Gasteiger partial charge in [-0.2, -0.15) is 0 Å². The molecule has 0 aliphatic carbocycles. The molecule has 11 heteroatoms. The van der Waals surface area contributed by atoms with Gasteiger partial charge in [0.15, 0.2) is 11.2 Å². The molecule has 3 aromatic rings. The summed E-state index contributed by atoms with van der Waals surface area (Å²) in [5.74, 6) is 0. The van der Waals surface area contributed by atoms with Gasteiger partial charge in [-0.3, -0.25) is 18.8 Å². The van der Waals surface area contributed by atoms with Crippen LogP contribution in [0.2, 0.25) is 10.0 Å². The van der Waals surface area contributed by atoms with Crippen molar-refractivity contribution in [2.75, 3.05) is 37.6 Å². The van der Waals surface area contributed by atoms with Gasteiger partial charge in [0.05, 0.1) is 16.4 Å². The molecule has 3 heterocycles. The van der Waals surface area contributed by atoms with Crippen LogP contribution >= 0.6 is 35.6 Å². The number of hydrogen-bond donors (Lipinski definition) is 0. The summed E-state index contributed by atoms with van der Waals surface area (Å²) < 4.78 is 4.41. The molecule has 0 atom stereocenters. The highest BCUT2D eigenvalue weighted by atomic mass is 35.5. The van der Waals surface area contributed by atoms with E-state index in [1.54, 1.807) is 13.4 Å². The van der Waals surface area contributed by atoms with Crippen molar-refractivity contribution in [3.05, 3.63) is 55.4 Å². The third kappa shape index (κ3) is 4.83. The lowest BCUT2D eigenvalue weighted by Crippen LogP contribution is -2.46. The number of piperazine rings is 1. The van der Waals surface area contributed by atoms with Crippen LogP contribution in [0.4, 0.5) is 5.69 Å².